The lowest BCUT2D eigenvalue weighted by atomic mass is 10.0. The van der Waals surface area contributed by atoms with Crippen LogP contribution >= 0.6 is 0 Å². The number of allylic oxidation sites excluding steroid dienone is 10. The molecule has 0 saturated heterocycles. The van der Waals surface area contributed by atoms with Gasteiger partial charge in [-0.3, -0.25) is 14.4 Å². The number of esters is 1. The van der Waals surface area contributed by atoms with Crippen molar-refractivity contribution in [2.45, 2.75) is 174 Å². The number of carboxylic acids is 1. The number of ether oxygens (including phenoxy) is 1. The third-order valence-corrected chi connectivity index (χ3v) is 7.95. The molecule has 2 N–H and O–H groups in total. The minimum Gasteiger partial charge on any atom is -0.480 e. The molecule has 6 nitrogen and oxygen atoms in total. The molecule has 6 heteroatoms. The van der Waals surface area contributed by atoms with Gasteiger partial charge in [0.05, 0.1) is 0 Å². The van der Waals surface area contributed by atoms with Crippen molar-refractivity contribution in [2.75, 3.05) is 6.54 Å². The lowest BCUT2D eigenvalue weighted by Gasteiger charge is -2.18. The number of aliphatic carboxylic acids is 1. The van der Waals surface area contributed by atoms with Gasteiger partial charge in [0.25, 0.3) is 0 Å². The van der Waals surface area contributed by atoms with Crippen LogP contribution in [0.1, 0.15) is 168 Å². The summed E-state index contributed by atoms with van der Waals surface area (Å²) in [6, 6.07) is 0. The van der Waals surface area contributed by atoms with Gasteiger partial charge >= 0.3 is 11.9 Å². The Morgan fingerprint density at radius 3 is 1.60 bits per heavy atom. The number of nitrogens with one attached hydrogen (secondary N) is 1. The van der Waals surface area contributed by atoms with E-state index in [4.69, 9.17) is 9.84 Å². The van der Waals surface area contributed by atoms with Gasteiger partial charge in [0.2, 0.25) is 5.91 Å². The van der Waals surface area contributed by atoms with Gasteiger partial charge in [-0.25, -0.2) is 0 Å². The predicted molar refractivity (Wildman–Crippen MR) is 198 cm³/mol. The molecule has 0 bridgehead atoms. The topological polar surface area (TPSA) is 92.7 Å². The molecule has 1 unspecified atom stereocenters. The normalized spacial score (nSPS) is 12.7. The highest BCUT2D eigenvalue weighted by Crippen LogP contribution is 2.18. The van der Waals surface area contributed by atoms with E-state index in [2.05, 4.69) is 79.9 Å². The van der Waals surface area contributed by atoms with Gasteiger partial charge in [0.15, 0.2) is 0 Å². The van der Waals surface area contributed by atoms with Gasteiger partial charge in [-0.1, -0.05) is 132 Å². The Morgan fingerprint density at radius 1 is 0.574 bits per heavy atom. The zero-order valence-corrected chi connectivity index (χ0v) is 30.1. The van der Waals surface area contributed by atoms with Gasteiger partial charge in [-0.15, -0.1) is 0 Å². The lowest BCUT2D eigenvalue weighted by Crippen LogP contribution is -2.28. The highest BCUT2D eigenvalue weighted by Gasteiger charge is 2.14. The second-order valence-corrected chi connectivity index (χ2v) is 12.5. The number of carbonyl (C=O) groups excluding carboxylic acids is 2. The first kappa shape index (κ1) is 44.1. The summed E-state index contributed by atoms with van der Waals surface area (Å²) < 4.78 is 5.95. The zero-order chi connectivity index (χ0) is 34.5. The van der Waals surface area contributed by atoms with Crippen LogP contribution in [0.3, 0.4) is 0 Å². The maximum Gasteiger partial charge on any atom is 0.322 e. The molecule has 0 radical (unpaired) electrons. The Hall–Kier alpha value is -2.89. The largest absolute Gasteiger partial charge is 0.480 e. The smallest absolute Gasteiger partial charge is 0.322 e. The van der Waals surface area contributed by atoms with Crippen molar-refractivity contribution in [2.24, 2.45) is 0 Å². The van der Waals surface area contributed by atoms with Gasteiger partial charge in [-0.2, -0.15) is 0 Å². The van der Waals surface area contributed by atoms with E-state index in [1.807, 2.05) is 0 Å². The summed E-state index contributed by atoms with van der Waals surface area (Å²) in [5.41, 5.74) is 0. The van der Waals surface area contributed by atoms with Crippen LogP contribution < -0.4 is 5.32 Å². The SMILES string of the molecule is CC/C=C\C/C=C\C/C=C\C/C=C\C/C=C\CCCCCC(=O)OC(CCCCCCCC)CCCCCCCC(=O)NCC(=O)O. The van der Waals surface area contributed by atoms with Crippen molar-refractivity contribution in [3.63, 3.8) is 0 Å². The van der Waals surface area contributed by atoms with Crippen molar-refractivity contribution in [3.8, 4) is 0 Å². The number of carbonyl (C=O) groups is 3. The van der Waals surface area contributed by atoms with E-state index in [0.717, 1.165) is 109 Å². The molecule has 1 atom stereocenters. The quantitative estimate of drug-likeness (QED) is 0.0417. The van der Waals surface area contributed by atoms with E-state index in [9.17, 15) is 14.4 Å². The highest BCUT2D eigenvalue weighted by atomic mass is 16.5. The van der Waals surface area contributed by atoms with Crippen LogP contribution in [-0.4, -0.2) is 35.6 Å². The fourth-order valence-corrected chi connectivity index (χ4v) is 5.19. The monoisotopic (exact) mass is 656 g/mol. The summed E-state index contributed by atoms with van der Waals surface area (Å²) in [6.45, 7) is 4.07. The van der Waals surface area contributed by atoms with Crippen LogP contribution in [0.4, 0.5) is 0 Å². The average molecular weight is 656 g/mol. The molecule has 0 aromatic carbocycles. The minimum absolute atomic E-state index is 0.0109. The second kappa shape index (κ2) is 36.0. The summed E-state index contributed by atoms with van der Waals surface area (Å²) in [4.78, 5) is 34.8. The summed E-state index contributed by atoms with van der Waals surface area (Å²) in [5, 5.41) is 11.0. The summed E-state index contributed by atoms with van der Waals surface area (Å²) >= 11 is 0. The molecular weight excluding hydrogens is 586 g/mol. The summed E-state index contributed by atoms with van der Waals surface area (Å²) in [6.07, 6.45) is 46.3. The fraction of sp³-hybridized carbons (Fsp3) is 0.683. The molecule has 47 heavy (non-hydrogen) atoms. The Labute approximate surface area is 288 Å². The van der Waals surface area contributed by atoms with Crippen LogP contribution in [-0.2, 0) is 19.1 Å². The third-order valence-electron chi connectivity index (χ3n) is 7.95. The van der Waals surface area contributed by atoms with Crippen LogP contribution in [0.5, 0.6) is 0 Å². The second-order valence-electron chi connectivity index (χ2n) is 12.5. The Balaban J connectivity index is 4.09. The van der Waals surface area contributed by atoms with Crippen molar-refractivity contribution < 1.29 is 24.2 Å². The third kappa shape index (κ3) is 35.8. The van der Waals surface area contributed by atoms with E-state index in [-0.39, 0.29) is 24.5 Å². The first-order valence-corrected chi connectivity index (χ1v) is 18.9. The van der Waals surface area contributed by atoms with Gasteiger partial charge < -0.3 is 15.2 Å². The molecule has 0 heterocycles. The number of amides is 1. The van der Waals surface area contributed by atoms with Gasteiger partial charge in [0.1, 0.15) is 12.6 Å². The van der Waals surface area contributed by atoms with E-state index in [0.29, 0.717) is 12.8 Å². The van der Waals surface area contributed by atoms with Crippen molar-refractivity contribution in [3.05, 3.63) is 60.8 Å². The molecule has 0 aliphatic heterocycles. The predicted octanol–water partition coefficient (Wildman–Crippen LogP) is 11.3. The lowest BCUT2D eigenvalue weighted by molar-refractivity contribution is -0.150. The minimum atomic E-state index is -1.02. The average Bonchev–Trinajstić information content (AvgIpc) is 3.05. The number of hydrogen-bond acceptors (Lipinski definition) is 4. The number of rotatable bonds is 33. The van der Waals surface area contributed by atoms with Crippen LogP contribution in [0, 0.1) is 0 Å². The van der Waals surface area contributed by atoms with E-state index in [1.165, 1.54) is 32.1 Å². The molecule has 0 rings (SSSR count). The molecule has 0 aromatic rings. The van der Waals surface area contributed by atoms with Crippen molar-refractivity contribution >= 4 is 17.8 Å². The molecule has 268 valence electrons. The first-order chi connectivity index (χ1) is 23.0. The Kier molecular flexibility index (Phi) is 33.7. The summed E-state index contributed by atoms with van der Waals surface area (Å²) in [5.74, 6) is -1.28. The maximum absolute atomic E-state index is 12.6. The maximum atomic E-state index is 12.6. The Morgan fingerprint density at radius 2 is 1.04 bits per heavy atom. The van der Waals surface area contributed by atoms with Crippen molar-refractivity contribution in [1.29, 1.82) is 0 Å². The molecule has 0 aliphatic rings. The van der Waals surface area contributed by atoms with Crippen LogP contribution in [0.25, 0.3) is 0 Å². The molecule has 0 spiro atoms. The zero-order valence-electron chi connectivity index (χ0n) is 30.1. The fourth-order valence-electron chi connectivity index (χ4n) is 5.19. The first-order valence-electron chi connectivity index (χ1n) is 18.9. The molecule has 0 aliphatic carbocycles. The molecular formula is C41H69NO5. The molecule has 0 fully saturated rings. The molecule has 0 saturated carbocycles. The number of hydrogen-bond donors (Lipinski definition) is 2. The molecule has 0 aromatic heterocycles. The van der Waals surface area contributed by atoms with E-state index < -0.39 is 5.97 Å². The van der Waals surface area contributed by atoms with Gasteiger partial charge in [-0.05, 0) is 83.5 Å². The van der Waals surface area contributed by atoms with Crippen LogP contribution in [0.15, 0.2) is 60.8 Å². The Bertz CT molecular complexity index is 902. The van der Waals surface area contributed by atoms with E-state index in [1.54, 1.807) is 0 Å². The summed E-state index contributed by atoms with van der Waals surface area (Å²) in [7, 11) is 0. The highest BCUT2D eigenvalue weighted by molar-refractivity contribution is 5.80. The number of unbranched alkanes of at least 4 members (excludes halogenated alkanes) is 12. The van der Waals surface area contributed by atoms with Gasteiger partial charge in [0, 0.05) is 12.8 Å². The standard InChI is InChI=1S/C41H69NO5/c1-3-5-7-9-11-12-13-14-15-16-17-18-19-20-21-22-23-28-32-36-41(46)47-38(33-29-25-10-8-6-4-2)34-30-26-24-27-31-35-39(43)42-37-40(44)45/h5,7,11-12,14-15,17-18,20-21,38H,3-4,6,8-10,13,16,19,22-37H2,1-2H3,(H,42,43)(H,44,45)/b7-5-,12-11-,15-14-,18-17-,21-20-. The molecule has 1 amide bonds. The number of carboxylic acid groups (broad SMARTS) is 1. The van der Waals surface area contributed by atoms with E-state index >= 15 is 0 Å². The van der Waals surface area contributed by atoms with Crippen molar-refractivity contribution in [1.82, 2.24) is 5.32 Å². The van der Waals surface area contributed by atoms with Crippen LogP contribution in [0.2, 0.25) is 0 Å².